The van der Waals surface area contributed by atoms with E-state index in [1.54, 1.807) is 48.4 Å². The number of ether oxygens (including phenoxy) is 1. The van der Waals surface area contributed by atoms with Gasteiger partial charge in [0.25, 0.3) is 5.56 Å². The van der Waals surface area contributed by atoms with Crippen LogP contribution in [-0.4, -0.2) is 32.5 Å². The molecular weight excluding hydrogens is 508 g/mol. The van der Waals surface area contributed by atoms with Crippen LogP contribution in [0.5, 0.6) is 5.75 Å². The Morgan fingerprint density at radius 3 is 2.65 bits per heavy atom. The van der Waals surface area contributed by atoms with Crippen molar-refractivity contribution in [2.45, 2.75) is 11.4 Å². The lowest BCUT2D eigenvalue weighted by molar-refractivity contribution is 0.414. The molecular formula is C28H23ClN4O3S. The van der Waals surface area contributed by atoms with Crippen LogP contribution < -0.4 is 15.6 Å². The molecule has 5 aromatic rings. The molecule has 2 heterocycles. The maximum absolute atomic E-state index is 13.9. The molecule has 7 nitrogen and oxygen atoms in total. The first-order valence-electron chi connectivity index (χ1n) is 11.4. The van der Waals surface area contributed by atoms with Crippen LogP contribution in [0.15, 0.2) is 94.7 Å². The topological polar surface area (TPSA) is 92.1 Å². The van der Waals surface area contributed by atoms with Crippen molar-refractivity contribution < 1.29 is 9.29 Å². The first kappa shape index (κ1) is 24.8. The van der Waals surface area contributed by atoms with Gasteiger partial charge >= 0.3 is 0 Å². The van der Waals surface area contributed by atoms with Crippen LogP contribution in [0.2, 0.25) is 5.02 Å². The van der Waals surface area contributed by atoms with Crippen LogP contribution in [0.3, 0.4) is 0 Å². The molecule has 0 aliphatic carbocycles. The Bertz CT molecular complexity index is 1660. The SMILES string of the molecule is COc1cccc(Cn2c(-c3ccccc3Cl)cc3cnc(Nc4cccc([S+](C)[O-])c4)nc3c2=O)c1. The van der Waals surface area contributed by atoms with Crippen LogP contribution in [0.25, 0.3) is 22.2 Å². The number of halogens is 1. The van der Waals surface area contributed by atoms with Crippen molar-refractivity contribution in [1.29, 1.82) is 0 Å². The Morgan fingerprint density at radius 2 is 1.86 bits per heavy atom. The third-order valence-electron chi connectivity index (χ3n) is 5.89. The average molecular weight is 531 g/mol. The Hall–Kier alpha value is -3.85. The van der Waals surface area contributed by atoms with Gasteiger partial charge in [0.15, 0.2) is 4.90 Å². The van der Waals surface area contributed by atoms with Gasteiger partial charge in [-0.25, -0.2) is 9.97 Å². The van der Waals surface area contributed by atoms with Gasteiger partial charge in [-0.15, -0.1) is 0 Å². The number of hydrogen-bond acceptors (Lipinski definition) is 6. The van der Waals surface area contributed by atoms with Gasteiger partial charge in [0.05, 0.1) is 19.3 Å². The molecule has 37 heavy (non-hydrogen) atoms. The molecule has 2 aromatic heterocycles. The van der Waals surface area contributed by atoms with E-state index in [0.29, 0.717) is 39.0 Å². The highest BCUT2D eigenvalue weighted by Crippen LogP contribution is 2.30. The maximum Gasteiger partial charge on any atom is 0.278 e. The van der Waals surface area contributed by atoms with Crippen LogP contribution in [0, 0.1) is 0 Å². The number of pyridine rings is 1. The van der Waals surface area contributed by atoms with Gasteiger partial charge in [0.1, 0.15) is 17.5 Å². The minimum atomic E-state index is -1.13. The highest BCUT2D eigenvalue weighted by atomic mass is 35.5. The van der Waals surface area contributed by atoms with Crippen molar-refractivity contribution in [1.82, 2.24) is 14.5 Å². The minimum absolute atomic E-state index is 0.266. The van der Waals surface area contributed by atoms with Gasteiger partial charge in [0, 0.05) is 33.9 Å². The number of aromatic nitrogens is 3. The molecule has 0 saturated carbocycles. The van der Waals surface area contributed by atoms with Crippen molar-refractivity contribution in [3.05, 3.63) is 106 Å². The van der Waals surface area contributed by atoms with Crippen LogP contribution in [-0.2, 0) is 17.7 Å². The number of nitrogens with zero attached hydrogens (tertiary/aromatic N) is 3. The summed E-state index contributed by atoms with van der Waals surface area (Å²) in [5, 5.41) is 4.24. The molecule has 0 spiro atoms. The van der Waals surface area contributed by atoms with E-state index >= 15 is 0 Å². The summed E-state index contributed by atoms with van der Waals surface area (Å²) in [6.07, 6.45) is 3.23. The molecule has 186 valence electrons. The standard InChI is InChI=1S/C28H23ClN4O3S/c1-36-21-9-5-7-18(13-21)17-33-25(23-11-3-4-12-24(23)29)14-19-16-30-28(32-26(19)27(33)34)31-20-8-6-10-22(15-20)37(2)35/h3-16H,17H2,1-2H3,(H,30,31,32). The van der Waals surface area contributed by atoms with Crippen molar-refractivity contribution >= 4 is 45.3 Å². The van der Waals surface area contributed by atoms with Gasteiger partial charge in [-0.1, -0.05) is 48.0 Å². The second kappa shape index (κ2) is 10.6. The zero-order valence-electron chi connectivity index (χ0n) is 20.1. The number of hydrogen-bond donors (Lipinski definition) is 1. The summed E-state index contributed by atoms with van der Waals surface area (Å²) in [5.41, 5.74) is 2.96. The molecule has 1 atom stereocenters. The highest BCUT2D eigenvalue weighted by molar-refractivity contribution is 7.90. The maximum atomic E-state index is 13.9. The number of methoxy groups -OCH3 is 1. The quantitative estimate of drug-likeness (QED) is 0.273. The van der Waals surface area contributed by atoms with Crippen molar-refractivity contribution in [2.75, 3.05) is 18.7 Å². The predicted octanol–water partition coefficient (Wildman–Crippen LogP) is 5.65. The number of anilines is 2. The van der Waals surface area contributed by atoms with Crippen molar-refractivity contribution in [2.24, 2.45) is 0 Å². The smallest absolute Gasteiger partial charge is 0.278 e. The van der Waals surface area contributed by atoms with E-state index in [2.05, 4.69) is 15.3 Å². The number of nitrogens with one attached hydrogen (secondary N) is 1. The molecule has 0 fully saturated rings. The average Bonchev–Trinajstić information content (AvgIpc) is 2.91. The fourth-order valence-electron chi connectivity index (χ4n) is 4.07. The zero-order valence-corrected chi connectivity index (χ0v) is 21.7. The van der Waals surface area contributed by atoms with E-state index in [4.69, 9.17) is 16.3 Å². The number of benzene rings is 3. The van der Waals surface area contributed by atoms with Crippen molar-refractivity contribution in [3.8, 4) is 17.0 Å². The molecule has 0 radical (unpaired) electrons. The minimum Gasteiger partial charge on any atom is -0.612 e. The summed E-state index contributed by atoms with van der Waals surface area (Å²) in [4.78, 5) is 23.5. The second-order valence-electron chi connectivity index (χ2n) is 8.36. The van der Waals surface area contributed by atoms with Gasteiger partial charge in [0.2, 0.25) is 5.95 Å². The molecule has 0 aliphatic rings. The molecule has 0 saturated heterocycles. The fourth-order valence-corrected chi connectivity index (χ4v) is 4.87. The summed E-state index contributed by atoms with van der Waals surface area (Å²) in [6.45, 7) is 0.295. The van der Waals surface area contributed by atoms with Crippen molar-refractivity contribution in [3.63, 3.8) is 0 Å². The lowest BCUT2D eigenvalue weighted by Gasteiger charge is -2.16. The van der Waals surface area contributed by atoms with E-state index in [9.17, 15) is 9.35 Å². The lowest BCUT2D eigenvalue weighted by Crippen LogP contribution is -2.24. The highest BCUT2D eigenvalue weighted by Gasteiger charge is 2.16. The third-order valence-corrected chi connectivity index (χ3v) is 7.14. The van der Waals surface area contributed by atoms with E-state index in [0.717, 1.165) is 11.1 Å². The van der Waals surface area contributed by atoms with Crippen LogP contribution >= 0.6 is 11.6 Å². The second-order valence-corrected chi connectivity index (χ2v) is 10.1. The zero-order chi connectivity index (χ0) is 25.9. The summed E-state index contributed by atoms with van der Waals surface area (Å²) in [7, 11) is 1.61. The molecule has 0 bridgehead atoms. The van der Waals surface area contributed by atoms with Gasteiger partial charge < -0.3 is 19.2 Å². The largest absolute Gasteiger partial charge is 0.612 e. The normalized spacial score (nSPS) is 11.9. The molecule has 1 unspecified atom stereocenters. The lowest BCUT2D eigenvalue weighted by atomic mass is 10.1. The molecule has 9 heteroatoms. The van der Waals surface area contributed by atoms with Gasteiger partial charge in [-0.05, 0) is 53.1 Å². The van der Waals surface area contributed by atoms with E-state index in [-0.39, 0.29) is 17.0 Å². The molecule has 3 aromatic carbocycles. The van der Waals surface area contributed by atoms with Gasteiger partial charge in [-0.3, -0.25) is 4.79 Å². The fraction of sp³-hybridized carbons (Fsp3) is 0.107. The Labute approximate surface area is 221 Å². The summed E-state index contributed by atoms with van der Waals surface area (Å²) >= 11 is 5.41. The number of fused-ring (bicyclic) bond motifs is 1. The molecule has 0 amide bonds. The molecule has 0 aliphatic heterocycles. The Balaban J connectivity index is 1.63. The van der Waals surface area contributed by atoms with Crippen LogP contribution in [0.4, 0.5) is 11.6 Å². The van der Waals surface area contributed by atoms with E-state index in [1.807, 2.05) is 54.6 Å². The molecule has 1 N–H and O–H groups in total. The van der Waals surface area contributed by atoms with E-state index in [1.165, 1.54) is 0 Å². The summed E-state index contributed by atoms with van der Waals surface area (Å²) in [5.74, 6) is 0.969. The molecule has 5 rings (SSSR count). The Morgan fingerprint density at radius 1 is 1.05 bits per heavy atom. The third kappa shape index (κ3) is 5.32. The van der Waals surface area contributed by atoms with E-state index < -0.39 is 11.2 Å². The Kier molecular flexibility index (Phi) is 7.14. The summed E-state index contributed by atoms with van der Waals surface area (Å²) in [6, 6.07) is 24.0. The first-order valence-corrected chi connectivity index (χ1v) is 13.4. The number of rotatable bonds is 7. The summed E-state index contributed by atoms with van der Waals surface area (Å²) < 4.78 is 18.9. The monoisotopic (exact) mass is 530 g/mol. The predicted molar refractivity (Wildman–Crippen MR) is 148 cm³/mol. The van der Waals surface area contributed by atoms with Crippen LogP contribution in [0.1, 0.15) is 5.56 Å². The first-order chi connectivity index (χ1) is 17.9. The van der Waals surface area contributed by atoms with Gasteiger partial charge in [-0.2, -0.15) is 0 Å².